The van der Waals surface area contributed by atoms with Crippen molar-refractivity contribution in [1.29, 1.82) is 0 Å². The first-order valence-corrected chi connectivity index (χ1v) is 7.88. The Morgan fingerprint density at radius 2 is 1.85 bits per heavy atom. The topological polar surface area (TPSA) is 15.3 Å². The van der Waals surface area contributed by atoms with Gasteiger partial charge in [0, 0.05) is 18.6 Å². The predicted octanol–water partition coefficient (Wildman–Crippen LogP) is 3.70. The molecule has 0 aromatic heterocycles. The summed E-state index contributed by atoms with van der Waals surface area (Å²) in [5.74, 6) is 0.931. The van der Waals surface area contributed by atoms with Crippen LogP contribution in [-0.4, -0.2) is 31.6 Å². The van der Waals surface area contributed by atoms with Crippen LogP contribution in [0, 0.1) is 11.3 Å². The molecular weight excluding hydrogens is 244 g/mol. The average Bonchev–Trinajstić information content (AvgIpc) is 3.23. The van der Waals surface area contributed by atoms with Crippen molar-refractivity contribution in [2.45, 2.75) is 45.7 Å². The van der Waals surface area contributed by atoms with Crippen molar-refractivity contribution < 1.29 is 0 Å². The van der Waals surface area contributed by atoms with Crippen LogP contribution in [0.15, 0.2) is 30.3 Å². The van der Waals surface area contributed by atoms with Gasteiger partial charge in [-0.2, -0.15) is 0 Å². The van der Waals surface area contributed by atoms with Gasteiger partial charge in [0.2, 0.25) is 0 Å². The summed E-state index contributed by atoms with van der Waals surface area (Å²) < 4.78 is 0. The fraction of sp³-hybridized carbons (Fsp3) is 0.667. The quantitative estimate of drug-likeness (QED) is 0.815. The van der Waals surface area contributed by atoms with Gasteiger partial charge < -0.3 is 10.2 Å². The highest BCUT2D eigenvalue weighted by Gasteiger charge is 2.35. The Morgan fingerprint density at radius 3 is 2.35 bits per heavy atom. The maximum atomic E-state index is 3.52. The molecule has 0 spiro atoms. The van der Waals surface area contributed by atoms with E-state index in [2.05, 4.69) is 75.4 Å². The van der Waals surface area contributed by atoms with Crippen LogP contribution in [0.5, 0.6) is 0 Å². The Balaban J connectivity index is 2.06. The molecule has 20 heavy (non-hydrogen) atoms. The largest absolute Gasteiger partial charge is 0.313 e. The van der Waals surface area contributed by atoms with Gasteiger partial charge in [0.25, 0.3) is 0 Å². The lowest BCUT2D eigenvalue weighted by Crippen LogP contribution is -2.44. The van der Waals surface area contributed by atoms with Crippen molar-refractivity contribution in [1.82, 2.24) is 10.2 Å². The van der Waals surface area contributed by atoms with E-state index in [0.717, 1.165) is 12.5 Å². The summed E-state index contributed by atoms with van der Waals surface area (Å²) in [7, 11) is 4.35. The van der Waals surface area contributed by atoms with Gasteiger partial charge in [-0.05, 0) is 50.8 Å². The highest BCUT2D eigenvalue weighted by atomic mass is 15.1. The van der Waals surface area contributed by atoms with Crippen molar-refractivity contribution >= 4 is 0 Å². The molecule has 1 aromatic carbocycles. The van der Waals surface area contributed by atoms with Gasteiger partial charge in [0.15, 0.2) is 0 Å². The molecular formula is C18H30N2. The molecule has 1 N–H and O–H groups in total. The smallest absolute Gasteiger partial charge is 0.0381 e. The van der Waals surface area contributed by atoms with Crippen LogP contribution < -0.4 is 5.32 Å². The second kappa shape index (κ2) is 6.28. The van der Waals surface area contributed by atoms with E-state index in [1.165, 1.54) is 18.4 Å². The molecule has 2 unspecified atom stereocenters. The standard InChI is InChI=1S/C18H30N2/c1-14(15-11-12-15)20(5)13-18(2,3)17(19-4)16-9-7-6-8-10-16/h6-10,14-15,17,19H,11-13H2,1-5H3. The van der Waals surface area contributed by atoms with E-state index in [1.54, 1.807) is 0 Å². The van der Waals surface area contributed by atoms with Crippen molar-refractivity contribution in [3.8, 4) is 0 Å². The van der Waals surface area contributed by atoms with Gasteiger partial charge in [-0.15, -0.1) is 0 Å². The van der Waals surface area contributed by atoms with Crippen LogP contribution in [0.3, 0.4) is 0 Å². The van der Waals surface area contributed by atoms with Gasteiger partial charge in [0.05, 0.1) is 0 Å². The number of rotatable bonds is 7. The van der Waals surface area contributed by atoms with E-state index < -0.39 is 0 Å². The van der Waals surface area contributed by atoms with Crippen LogP contribution in [-0.2, 0) is 0 Å². The molecule has 1 aromatic rings. The highest BCUT2D eigenvalue weighted by Crippen LogP contribution is 2.38. The second-order valence-electron chi connectivity index (χ2n) is 7.11. The van der Waals surface area contributed by atoms with Crippen LogP contribution in [0.4, 0.5) is 0 Å². The lowest BCUT2D eigenvalue weighted by molar-refractivity contribution is 0.124. The van der Waals surface area contributed by atoms with Crippen LogP contribution >= 0.6 is 0 Å². The molecule has 0 bridgehead atoms. The number of benzene rings is 1. The minimum Gasteiger partial charge on any atom is -0.313 e. The number of nitrogens with zero attached hydrogens (tertiary/aromatic N) is 1. The fourth-order valence-electron chi connectivity index (χ4n) is 3.47. The van der Waals surface area contributed by atoms with E-state index in [0.29, 0.717) is 12.1 Å². The summed E-state index contributed by atoms with van der Waals surface area (Å²) in [4.78, 5) is 2.55. The number of nitrogens with one attached hydrogen (secondary N) is 1. The second-order valence-corrected chi connectivity index (χ2v) is 7.11. The van der Waals surface area contributed by atoms with Crippen LogP contribution in [0.1, 0.15) is 45.2 Å². The molecule has 0 saturated heterocycles. The molecule has 112 valence electrons. The van der Waals surface area contributed by atoms with Gasteiger partial charge in [-0.3, -0.25) is 0 Å². The Labute approximate surface area is 124 Å². The van der Waals surface area contributed by atoms with Crippen molar-refractivity contribution in [3.05, 3.63) is 35.9 Å². The monoisotopic (exact) mass is 274 g/mol. The van der Waals surface area contributed by atoms with E-state index in [4.69, 9.17) is 0 Å². The van der Waals surface area contributed by atoms with Gasteiger partial charge >= 0.3 is 0 Å². The third-order valence-corrected chi connectivity index (χ3v) is 4.86. The maximum Gasteiger partial charge on any atom is 0.0381 e. The molecule has 0 amide bonds. The summed E-state index contributed by atoms with van der Waals surface area (Å²) >= 11 is 0. The molecule has 1 fully saturated rings. The molecule has 1 aliphatic rings. The summed E-state index contributed by atoms with van der Waals surface area (Å²) in [5, 5.41) is 3.52. The molecule has 0 radical (unpaired) electrons. The molecule has 2 atom stereocenters. The summed E-state index contributed by atoms with van der Waals surface area (Å²) in [6.45, 7) is 8.24. The molecule has 0 aliphatic heterocycles. The first-order chi connectivity index (χ1) is 9.45. The molecule has 2 heteroatoms. The minimum absolute atomic E-state index is 0.202. The van der Waals surface area contributed by atoms with Gasteiger partial charge in [-0.25, -0.2) is 0 Å². The molecule has 2 nitrogen and oxygen atoms in total. The molecule has 2 rings (SSSR count). The summed E-state index contributed by atoms with van der Waals surface area (Å²) in [5.41, 5.74) is 1.58. The van der Waals surface area contributed by atoms with Crippen molar-refractivity contribution in [2.24, 2.45) is 11.3 Å². The average molecular weight is 274 g/mol. The number of hydrogen-bond donors (Lipinski definition) is 1. The maximum absolute atomic E-state index is 3.52. The summed E-state index contributed by atoms with van der Waals surface area (Å²) in [6, 6.07) is 11.9. The van der Waals surface area contributed by atoms with Crippen LogP contribution in [0.2, 0.25) is 0 Å². The third kappa shape index (κ3) is 3.62. The zero-order chi connectivity index (χ0) is 14.8. The molecule has 0 heterocycles. The molecule has 1 aliphatic carbocycles. The van der Waals surface area contributed by atoms with Crippen LogP contribution in [0.25, 0.3) is 0 Å². The predicted molar refractivity (Wildman–Crippen MR) is 86.8 cm³/mol. The Bertz CT molecular complexity index is 409. The Kier molecular flexibility index (Phi) is 4.87. The van der Waals surface area contributed by atoms with Crippen molar-refractivity contribution in [2.75, 3.05) is 20.6 Å². The SMILES string of the molecule is CNC(c1ccccc1)C(C)(C)CN(C)C(C)C1CC1. The minimum atomic E-state index is 0.202. The van der Waals surface area contributed by atoms with E-state index in [9.17, 15) is 0 Å². The third-order valence-electron chi connectivity index (χ3n) is 4.86. The highest BCUT2D eigenvalue weighted by molar-refractivity contribution is 5.21. The van der Waals surface area contributed by atoms with E-state index in [-0.39, 0.29) is 5.41 Å². The lowest BCUT2D eigenvalue weighted by Gasteiger charge is -2.39. The Morgan fingerprint density at radius 1 is 1.25 bits per heavy atom. The number of hydrogen-bond acceptors (Lipinski definition) is 2. The van der Waals surface area contributed by atoms with E-state index >= 15 is 0 Å². The lowest BCUT2D eigenvalue weighted by atomic mass is 9.79. The summed E-state index contributed by atoms with van der Waals surface area (Å²) in [6.07, 6.45) is 2.83. The first-order valence-electron chi connectivity index (χ1n) is 7.88. The zero-order valence-electron chi connectivity index (χ0n) is 13.7. The fourth-order valence-corrected chi connectivity index (χ4v) is 3.47. The normalized spacial score (nSPS) is 19.1. The van der Waals surface area contributed by atoms with Crippen molar-refractivity contribution in [3.63, 3.8) is 0 Å². The first kappa shape index (κ1) is 15.5. The Hall–Kier alpha value is -0.860. The molecule has 1 saturated carbocycles. The zero-order valence-corrected chi connectivity index (χ0v) is 13.7. The van der Waals surface area contributed by atoms with E-state index in [1.807, 2.05) is 0 Å². The van der Waals surface area contributed by atoms with Gasteiger partial charge in [0.1, 0.15) is 0 Å². The van der Waals surface area contributed by atoms with Gasteiger partial charge in [-0.1, -0.05) is 44.2 Å².